The molecule has 26 heavy (non-hydrogen) atoms. The minimum absolute atomic E-state index is 0. The van der Waals surface area contributed by atoms with Crippen molar-refractivity contribution >= 4 is 41.7 Å². The molecule has 3 rings (SSSR count). The summed E-state index contributed by atoms with van der Waals surface area (Å²) in [6.45, 7) is 6.52. The van der Waals surface area contributed by atoms with Crippen LogP contribution in [0.15, 0.2) is 4.99 Å². The van der Waals surface area contributed by atoms with Crippen LogP contribution in [-0.4, -0.2) is 63.3 Å². The molecule has 1 atom stereocenters. The zero-order valence-corrected chi connectivity index (χ0v) is 19.3. The van der Waals surface area contributed by atoms with Gasteiger partial charge in [0.2, 0.25) is 0 Å². The number of hydrogen-bond acceptors (Lipinski definition) is 4. The molecule has 0 aromatic carbocycles. The van der Waals surface area contributed by atoms with Crippen LogP contribution in [0.3, 0.4) is 0 Å². The van der Waals surface area contributed by atoms with Crippen LogP contribution in [-0.2, 0) is 19.4 Å². The van der Waals surface area contributed by atoms with Gasteiger partial charge in [-0.2, -0.15) is 11.8 Å². The standard InChI is InChI=1S/C18H32N6S.HI/c1-3-15-14-23(12-13-25-15)18(19-2)20-10-7-9-17-22-21-16-8-5-4-6-11-24(16)17;/h15H,3-14H2,1-2H3,(H,19,20);1H. The van der Waals surface area contributed by atoms with Gasteiger partial charge in [0, 0.05) is 57.1 Å². The molecular formula is C18H33IN6S. The molecule has 0 amide bonds. The quantitative estimate of drug-likeness (QED) is 0.297. The summed E-state index contributed by atoms with van der Waals surface area (Å²) in [5.41, 5.74) is 0. The van der Waals surface area contributed by atoms with Crippen LogP contribution in [0.1, 0.15) is 50.7 Å². The molecule has 1 N–H and O–H groups in total. The van der Waals surface area contributed by atoms with E-state index in [1.807, 2.05) is 7.05 Å². The van der Waals surface area contributed by atoms with Gasteiger partial charge >= 0.3 is 0 Å². The van der Waals surface area contributed by atoms with E-state index in [-0.39, 0.29) is 24.0 Å². The van der Waals surface area contributed by atoms with Crippen molar-refractivity contribution in [2.24, 2.45) is 4.99 Å². The number of aliphatic imine (C=N–C) groups is 1. The lowest BCUT2D eigenvalue weighted by Crippen LogP contribution is -2.48. The van der Waals surface area contributed by atoms with E-state index >= 15 is 0 Å². The van der Waals surface area contributed by atoms with E-state index in [0.29, 0.717) is 0 Å². The van der Waals surface area contributed by atoms with Crippen LogP contribution in [0.25, 0.3) is 0 Å². The molecule has 1 aromatic heterocycles. The first-order valence-electron chi connectivity index (χ1n) is 9.80. The Kier molecular flexibility index (Phi) is 9.52. The van der Waals surface area contributed by atoms with E-state index < -0.39 is 0 Å². The zero-order chi connectivity index (χ0) is 17.5. The summed E-state index contributed by atoms with van der Waals surface area (Å²) in [5.74, 6) is 4.60. The number of aryl methyl sites for hydroxylation is 2. The minimum Gasteiger partial charge on any atom is -0.356 e. The highest BCUT2D eigenvalue weighted by Crippen LogP contribution is 2.21. The molecule has 1 aromatic rings. The fraction of sp³-hybridized carbons (Fsp3) is 0.833. The van der Waals surface area contributed by atoms with Crippen molar-refractivity contribution in [2.75, 3.05) is 32.4 Å². The lowest BCUT2D eigenvalue weighted by molar-refractivity contribution is 0.407. The number of halogens is 1. The van der Waals surface area contributed by atoms with E-state index in [1.54, 1.807) is 0 Å². The number of aromatic nitrogens is 3. The summed E-state index contributed by atoms with van der Waals surface area (Å²) in [6.07, 6.45) is 8.20. The van der Waals surface area contributed by atoms with Crippen molar-refractivity contribution < 1.29 is 0 Å². The van der Waals surface area contributed by atoms with E-state index in [4.69, 9.17) is 0 Å². The zero-order valence-electron chi connectivity index (χ0n) is 16.1. The molecule has 148 valence electrons. The average Bonchev–Trinajstić information content (AvgIpc) is 2.88. The van der Waals surface area contributed by atoms with Crippen molar-refractivity contribution in [3.8, 4) is 0 Å². The molecule has 6 nitrogen and oxygen atoms in total. The van der Waals surface area contributed by atoms with Crippen molar-refractivity contribution in [3.05, 3.63) is 11.6 Å². The normalized spacial score (nSPS) is 20.9. The number of hydrogen-bond donors (Lipinski definition) is 1. The molecule has 3 heterocycles. The summed E-state index contributed by atoms with van der Waals surface area (Å²) >= 11 is 2.09. The Bertz CT molecular complexity index is 576. The van der Waals surface area contributed by atoms with Crippen molar-refractivity contribution in [1.29, 1.82) is 0 Å². The second-order valence-electron chi connectivity index (χ2n) is 6.92. The predicted molar refractivity (Wildman–Crippen MR) is 121 cm³/mol. The fourth-order valence-electron chi connectivity index (χ4n) is 3.67. The molecule has 0 bridgehead atoms. The highest BCUT2D eigenvalue weighted by Gasteiger charge is 2.21. The highest BCUT2D eigenvalue weighted by molar-refractivity contribution is 14.0. The number of fused-ring (bicyclic) bond motifs is 1. The molecule has 0 aliphatic carbocycles. The first kappa shape index (κ1) is 21.8. The predicted octanol–water partition coefficient (Wildman–Crippen LogP) is 2.96. The Morgan fingerprint density at radius 2 is 2.15 bits per heavy atom. The lowest BCUT2D eigenvalue weighted by atomic mass is 10.2. The Morgan fingerprint density at radius 3 is 2.96 bits per heavy atom. The Balaban J connectivity index is 0.00000243. The molecule has 2 aliphatic rings. The fourth-order valence-corrected chi connectivity index (χ4v) is 4.85. The van der Waals surface area contributed by atoms with Crippen LogP contribution < -0.4 is 5.32 Å². The molecule has 0 saturated carbocycles. The average molecular weight is 492 g/mol. The molecular weight excluding hydrogens is 459 g/mol. The van der Waals surface area contributed by atoms with Crippen LogP contribution in [0.4, 0.5) is 0 Å². The number of rotatable bonds is 5. The second kappa shape index (κ2) is 11.4. The summed E-state index contributed by atoms with van der Waals surface area (Å²) in [4.78, 5) is 6.90. The molecule has 1 fully saturated rings. The van der Waals surface area contributed by atoms with Gasteiger partial charge in [-0.1, -0.05) is 13.3 Å². The molecule has 0 radical (unpaired) electrons. The third-order valence-electron chi connectivity index (χ3n) is 5.15. The molecule has 8 heteroatoms. The van der Waals surface area contributed by atoms with Gasteiger partial charge in [-0.05, 0) is 25.7 Å². The van der Waals surface area contributed by atoms with Crippen molar-refractivity contribution in [2.45, 2.75) is 63.7 Å². The van der Waals surface area contributed by atoms with Gasteiger partial charge in [-0.15, -0.1) is 34.2 Å². The molecule has 1 unspecified atom stereocenters. The van der Waals surface area contributed by atoms with Gasteiger partial charge in [0.15, 0.2) is 5.96 Å². The minimum atomic E-state index is 0. The maximum absolute atomic E-state index is 4.49. The number of nitrogens with zero attached hydrogens (tertiary/aromatic N) is 5. The molecule has 2 aliphatic heterocycles. The van der Waals surface area contributed by atoms with Crippen LogP contribution >= 0.6 is 35.7 Å². The first-order chi connectivity index (χ1) is 12.3. The molecule has 1 saturated heterocycles. The number of thioether (sulfide) groups is 1. The third kappa shape index (κ3) is 5.74. The van der Waals surface area contributed by atoms with E-state index in [0.717, 1.165) is 62.5 Å². The van der Waals surface area contributed by atoms with Gasteiger partial charge in [-0.3, -0.25) is 4.99 Å². The van der Waals surface area contributed by atoms with Crippen molar-refractivity contribution in [1.82, 2.24) is 25.0 Å². The summed E-state index contributed by atoms with van der Waals surface area (Å²) in [7, 11) is 1.89. The Labute approximate surface area is 179 Å². The largest absolute Gasteiger partial charge is 0.356 e. The maximum Gasteiger partial charge on any atom is 0.193 e. The lowest BCUT2D eigenvalue weighted by Gasteiger charge is -2.34. The van der Waals surface area contributed by atoms with Gasteiger partial charge < -0.3 is 14.8 Å². The van der Waals surface area contributed by atoms with E-state index in [9.17, 15) is 0 Å². The Hall–Kier alpha value is -0.510. The van der Waals surface area contributed by atoms with E-state index in [2.05, 4.69) is 48.7 Å². The van der Waals surface area contributed by atoms with E-state index in [1.165, 1.54) is 37.3 Å². The molecule has 0 spiro atoms. The summed E-state index contributed by atoms with van der Waals surface area (Å²) in [5, 5.41) is 13.1. The summed E-state index contributed by atoms with van der Waals surface area (Å²) in [6, 6.07) is 0. The topological polar surface area (TPSA) is 58.3 Å². The van der Waals surface area contributed by atoms with Crippen LogP contribution in [0, 0.1) is 0 Å². The van der Waals surface area contributed by atoms with Gasteiger partial charge in [0.25, 0.3) is 0 Å². The third-order valence-corrected chi connectivity index (χ3v) is 6.52. The van der Waals surface area contributed by atoms with Gasteiger partial charge in [0.1, 0.15) is 11.6 Å². The first-order valence-corrected chi connectivity index (χ1v) is 10.8. The van der Waals surface area contributed by atoms with Gasteiger partial charge in [-0.25, -0.2) is 0 Å². The number of guanidine groups is 1. The van der Waals surface area contributed by atoms with Crippen LogP contribution in [0.2, 0.25) is 0 Å². The van der Waals surface area contributed by atoms with Gasteiger partial charge in [0.05, 0.1) is 0 Å². The Morgan fingerprint density at radius 1 is 1.27 bits per heavy atom. The smallest absolute Gasteiger partial charge is 0.193 e. The summed E-state index contributed by atoms with van der Waals surface area (Å²) < 4.78 is 2.36. The number of nitrogens with one attached hydrogen (secondary N) is 1. The monoisotopic (exact) mass is 492 g/mol. The van der Waals surface area contributed by atoms with Crippen molar-refractivity contribution in [3.63, 3.8) is 0 Å². The van der Waals surface area contributed by atoms with Crippen LogP contribution in [0.5, 0.6) is 0 Å². The maximum atomic E-state index is 4.49. The highest BCUT2D eigenvalue weighted by atomic mass is 127. The second-order valence-corrected chi connectivity index (χ2v) is 8.33. The SMILES string of the molecule is CCC1CN(C(=NC)NCCCc2nnc3n2CCCCC3)CCS1.I.